The van der Waals surface area contributed by atoms with Crippen LogP contribution in [-0.2, 0) is 11.3 Å². The third-order valence-corrected chi connectivity index (χ3v) is 2.97. The Hall–Kier alpha value is -1.81. The van der Waals surface area contributed by atoms with Gasteiger partial charge < -0.3 is 15.1 Å². The number of fused-ring (bicyclic) bond motifs is 1. The van der Waals surface area contributed by atoms with Gasteiger partial charge in [0.2, 0.25) is 5.91 Å². The molecule has 0 aliphatic rings. The lowest BCUT2D eigenvalue weighted by Crippen LogP contribution is -2.31. The molecule has 4 heteroatoms. The lowest BCUT2D eigenvalue weighted by molar-refractivity contribution is -0.121. The molecule has 96 valence electrons. The van der Waals surface area contributed by atoms with E-state index in [1.807, 2.05) is 31.2 Å². The van der Waals surface area contributed by atoms with Gasteiger partial charge in [-0.1, -0.05) is 18.2 Å². The van der Waals surface area contributed by atoms with Gasteiger partial charge in [-0.25, -0.2) is 0 Å². The molecule has 1 amide bonds. The van der Waals surface area contributed by atoms with E-state index in [1.54, 1.807) is 13.3 Å². The highest BCUT2D eigenvalue weighted by Gasteiger charge is 2.09. The van der Waals surface area contributed by atoms with Crippen molar-refractivity contribution in [1.82, 2.24) is 10.6 Å². The molecule has 0 radical (unpaired) electrons. The second kappa shape index (κ2) is 5.69. The Kier molecular flexibility index (Phi) is 3.99. The molecule has 4 nitrogen and oxygen atoms in total. The molecule has 0 fully saturated rings. The lowest BCUT2D eigenvalue weighted by atomic mass is 10.1. The molecule has 1 heterocycles. The van der Waals surface area contributed by atoms with Gasteiger partial charge in [-0.2, -0.15) is 0 Å². The number of carbonyl (C=O) groups is 1. The number of para-hydroxylation sites is 1. The van der Waals surface area contributed by atoms with Crippen LogP contribution in [0.25, 0.3) is 11.0 Å². The quantitative estimate of drug-likeness (QED) is 0.849. The zero-order valence-corrected chi connectivity index (χ0v) is 10.7. The van der Waals surface area contributed by atoms with Crippen molar-refractivity contribution in [3.63, 3.8) is 0 Å². The Morgan fingerprint density at radius 1 is 1.39 bits per heavy atom. The SMILES string of the molecule is CNC(=O)C[C@H](C)NCc1coc2ccccc12. The van der Waals surface area contributed by atoms with Crippen LogP contribution in [0.2, 0.25) is 0 Å². The Labute approximate surface area is 106 Å². The molecule has 0 unspecified atom stereocenters. The molecule has 0 bridgehead atoms. The van der Waals surface area contributed by atoms with E-state index in [2.05, 4.69) is 10.6 Å². The predicted octanol–water partition coefficient (Wildman–Crippen LogP) is 2.05. The highest BCUT2D eigenvalue weighted by atomic mass is 16.3. The number of hydrogen-bond donors (Lipinski definition) is 2. The van der Waals surface area contributed by atoms with Crippen molar-refractivity contribution in [3.8, 4) is 0 Å². The first-order valence-electron chi connectivity index (χ1n) is 6.09. The highest BCUT2D eigenvalue weighted by Crippen LogP contribution is 2.20. The number of nitrogens with one attached hydrogen (secondary N) is 2. The zero-order valence-electron chi connectivity index (χ0n) is 10.7. The second-order valence-corrected chi connectivity index (χ2v) is 4.42. The van der Waals surface area contributed by atoms with Gasteiger partial charge in [-0.05, 0) is 13.0 Å². The molecule has 1 aromatic carbocycles. The van der Waals surface area contributed by atoms with Crippen molar-refractivity contribution >= 4 is 16.9 Å². The monoisotopic (exact) mass is 246 g/mol. The molecule has 0 saturated heterocycles. The van der Waals surface area contributed by atoms with E-state index in [-0.39, 0.29) is 11.9 Å². The fourth-order valence-corrected chi connectivity index (χ4v) is 1.91. The average Bonchev–Trinajstić information content (AvgIpc) is 2.79. The van der Waals surface area contributed by atoms with Gasteiger partial charge in [0.1, 0.15) is 5.58 Å². The van der Waals surface area contributed by atoms with Crippen LogP contribution >= 0.6 is 0 Å². The van der Waals surface area contributed by atoms with Crippen molar-refractivity contribution in [3.05, 3.63) is 36.1 Å². The summed E-state index contributed by atoms with van der Waals surface area (Å²) in [6.45, 7) is 2.70. The molecule has 0 saturated carbocycles. The minimum absolute atomic E-state index is 0.0482. The second-order valence-electron chi connectivity index (χ2n) is 4.42. The van der Waals surface area contributed by atoms with Crippen molar-refractivity contribution < 1.29 is 9.21 Å². The molecule has 1 atom stereocenters. The third kappa shape index (κ3) is 2.90. The average molecular weight is 246 g/mol. The van der Waals surface area contributed by atoms with E-state index >= 15 is 0 Å². The Morgan fingerprint density at radius 2 is 2.17 bits per heavy atom. The molecular formula is C14H18N2O2. The maximum Gasteiger partial charge on any atom is 0.221 e. The maximum absolute atomic E-state index is 11.2. The molecule has 2 N–H and O–H groups in total. The Balaban J connectivity index is 1.96. The van der Waals surface area contributed by atoms with E-state index < -0.39 is 0 Å². The summed E-state index contributed by atoms with van der Waals surface area (Å²) in [4.78, 5) is 11.2. The summed E-state index contributed by atoms with van der Waals surface area (Å²) < 4.78 is 5.46. The van der Waals surface area contributed by atoms with E-state index in [9.17, 15) is 4.79 Å². The largest absolute Gasteiger partial charge is 0.464 e. The maximum atomic E-state index is 11.2. The minimum Gasteiger partial charge on any atom is -0.464 e. The van der Waals surface area contributed by atoms with Gasteiger partial charge in [0.05, 0.1) is 6.26 Å². The molecule has 2 aromatic rings. The van der Waals surface area contributed by atoms with Gasteiger partial charge in [0.25, 0.3) is 0 Å². The normalized spacial score (nSPS) is 12.6. The smallest absolute Gasteiger partial charge is 0.221 e. The van der Waals surface area contributed by atoms with Crippen LogP contribution in [0, 0.1) is 0 Å². The number of amides is 1. The molecular weight excluding hydrogens is 228 g/mol. The van der Waals surface area contributed by atoms with Crippen molar-refractivity contribution in [1.29, 1.82) is 0 Å². The number of furan rings is 1. The van der Waals surface area contributed by atoms with Crippen molar-refractivity contribution in [2.24, 2.45) is 0 Å². The summed E-state index contributed by atoms with van der Waals surface area (Å²) in [5.74, 6) is 0.0482. The van der Waals surface area contributed by atoms with E-state index in [0.29, 0.717) is 13.0 Å². The van der Waals surface area contributed by atoms with Crippen molar-refractivity contribution in [2.75, 3.05) is 7.05 Å². The van der Waals surface area contributed by atoms with Gasteiger partial charge in [0, 0.05) is 37.0 Å². The van der Waals surface area contributed by atoms with Crippen LogP contribution in [0.5, 0.6) is 0 Å². The fourth-order valence-electron chi connectivity index (χ4n) is 1.91. The molecule has 1 aromatic heterocycles. The number of rotatable bonds is 5. The summed E-state index contributed by atoms with van der Waals surface area (Å²) >= 11 is 0. The summed E-state index contributed by atoms with van der Waals surface area (Å²) in [5, 5.41) is 7.07. The first kappa shape index (κ1) is 12.6. The Bertz CT molecular complexity index is 533. The standard InChI is InChI=1S/C14H18N2O2/c1-10(7-14(17)15-2)16-8-11-9-18-13-6-4-3-5-12(11)13/h3-6,9-10,16H,7-8H2,1-2H3,(H,15,17)/t10-/m0/s1. The van der Waals surface area contributed by atoms with Gasteiger partial charge >= 0.3 is 0 Å². The number of carbonyl (C=O) groups excluding carboxylic acids is 1. The zero-order chi connectivity index (χ0) is 13.0. The lowest BCUT2D eigenvalue weighted by Gasteiger charge is -2.11. The number of benzene rings is 1. The highest BCUT2D eigenvalue weighted by molar-refractivity contribution is 5.80. The van der Waals surface area contributed by atoms with Crippen LogP contribution in [0.4, 0.5) is 0 Å². The first-order chi connectivity index (χ1) is 8.70. The summed E-state index contributed by atoms with van der Waals surface area (Å²) in [6.07, 6.45) is 2.25. The van der Waals surface area contributed by atoms with E-state index in [1.165, 1.54) is 0 Å². The van der Waals surface area contributed by atoms with Gasteiger partial charge in [0.15, 0.2) is 0 Å². The van der Waals surface area contributed by atoms with Crippen molar-refractivity contribution in [2.45, 2.75) is 25.9 Å². The van der Waals surface area contributed by atoms with Crippen LogP contribution < -0.4 is 10.6 Å². The van der Waals surface area contributed by atoms with E-state index in [4.69, 9.17) is 4.42 Å². The summed E-state index contributed by atoms with van der Waals surface area (Å²) in [7, 11) is 1.65. The predicted molar refractivity (Wildman–Crippen MR) is 71.2 cm³/mol. The van der Waals surface area contributed by atoms with Crippen LogP contribution in [0.3, 0.4) is 0 Å². The summed E-state index contributed by atoms with van der Waals surface area (Å²) in [5.41, 5.74) is 2.02. The molecule has 18 heavy (non-hydrogen) atoms. The first-order valence-corrected chi connectivity index (χ1v) is 6.09. The minimum atomic E-state index is 0.0482. The van der Waals surface area contributed by atoms with Crippen LogP contribution in [0.1, 0.15) is 18.9 Å². The number of hydrogen-bond acceptors (Lipinski definition) is 3. The fraction of sp³-hybridized carbons (Fsp3) is 0.357. The molecule has 0 aliphatic carbocycles. The molecule has 2 rings (SSSR count). The van der Waals surface area contributed by atoms with Crippen LogP contribution in [0.15, 0.2) is 34.9 Å². The summed E-state index contributed by atoms with van der Waals surface area (Å²) in [6, 6.07) is 8.08. The topological polar surface area (TPSA) is 54.3 Å². The molecule has 0 spiro atoms. The van der Waals surface area contributed by atoms with E-state index in [0.717, 1.165) is 16.5 Å². The molecule has 0 aliphatic heterocycles. The Morgan fingerprint density at radius 3 is 2.94 bits per heavy atom. The van der Waals surface area contributed by atoms with Gasteiger partial charge in [-0.15, -0.1) is 0 Å². The van der Waals surface area contributed by atoms with Gasteiger partial charge in [-0.3, -0.25) is 4.79 Å². The third-order valence-electron chi connectivity index (χ3n) is 2.97. The van der Waals surface area contributed by atoms with Crippen LogP contribution in [-0.4, -0.2) is 19.0 Å².